The van der Waals surface area contributed by atoms with Gasteiger partial charge in [-0.25, -0.2) is 9.59 Å². The number of carbonyl (C=O) groups excluding carboxylic acids is 1. The minimum Gasteiger partial charge on any atom is -0.478 e. The molecule has 0 unspecified atom stereocenters. The number of carbonyl (C=O) groups is 2. The lowest BCUT2D eigenvalue weighted by Gasteiger charge is -2.13. The first kappa shape index (κ1) is 15.4. The number of benzene rings is 2. The molecule has 2 aromatic rings. The number of carboxylic acids is 1. The molecule has 0 amide bonds. The van der Waals surface area contributed by atoms with Crippen molar-refractivity contribution < 1.29 is 24.2 Å². The van der Waals surface area contributed by atoms with Crippen molar-refractivity contribution in [3.05, 3.63) is 53.6 Å². The molecule has 0 saturated carbocycles. The van der Waals surface area contributed by atoms with Crippen LogP contribution in [-0.4, -0.2) is 23.7 Å². The normalized spacial score (nSPS) is 10.0. The van der Waals surface area contributed by atoms with Crippen molar-refractivity contribution in [2.24, 2.45) is 0 Å². The number of carboxylic acid groups (broad SMARTS) is 1. The molecule has 0 aliphatic heterocycles. The van der Waals surface area contributed by atoms with E-state index in [1.165, 1.54) is 18.2 Å². The van der Waals surface area contributed by atoms with Gasteiger partial charge in [0, 0.05) is 0 Å². The number of anilines is 1. The van der Waals surface area contributed by atoms with Crippen LogP contribution in [0.25, 0.3) is 0 Å². The van der Waals surface area contributed by atoms with Crippen LogP contribution in [0, 0.1) is 0 Å². The van der Waals surface area contributed by atoms with E-state index in [0.717, 1.165) is 0 Å². The summed E-state index contributed by atoms with van der Waals surface area (Å²) in [5.41, 5.74) is 5.81. The molecule has 6 nitrogen and oxygen atoms in total. The van der Waals surface area contributed by atoms with Crippen molar-refractivity contribution in [3.63, 3.8) is 0 Å². The molecule has 0 radical (unpaired) electrons. The summed E-state index contributed by atoms with van der Waals surface area (Å²) in [4.78, 5) is 23.4. The summed E-state index contributed by atoms with van der Waals surface area (Å²) in [6.07, 6.45) is 0. The first-order chi connectivity index (χ1) is 10.5. The predicted molar refractivity (Wildman–Crippen MR) is 80.3 cm³/mol. The molecule has 0 heterocycles. The van der Waals surface area contributed by atoms with Gasteiger partial charge in [0.2, 0.25) is 0 Å². The lowest BCUT2D eigenvalue weighted by atomic mass is 10.1. The average Bonchev–Trinajstić information content (AvgIpc) is 2.49. The smallest absolute Gasteiger partial charge is 0.340 e. The fourth-order valence-electron chi connectivity index (χ4n) is 1.91. The van der Waals surface area contributed by atoms with Crippen LogP contribution in [0.4, 0.5) is 5.69 Å². The number of ether oxygens (including phenoxy) is 2. The van der Waals surface area contributed by atoms with E-state index in [9.17, 15) is 14.7 Å². The number of esters is 1. The Kier molecular flexibility index (Phi) is 4.63. The van der Waals surface area contributed by atoms with Gasteiger partial charge in [-0.05, 0) is 31.2 Å². The fraction of sp³-hybridized carbons (Fsp3) is 0.125. The SMILES string of the molecule is CCOC(=O)c1cccc(Oc2ccccc2N)c1C(=O)O. The maximum absolute atomic E-state index is 11.9. The number of rotatable bonds is 5. The van der Waals surface area contributed by atoms with E-state index in [1.807, 2.05) is 0 Å². The molecule has 0 fully saturated rings. The van der Waals surface area contributed by atoms with Crippen molar-refractivity contribution in [2.75, 3.05) is 12.3 Å². The maximum atomic E-state index is 11.9. The van der Waals surface area contributed by atoms with Gasteiger partial charge in [0.25, 0.3) is 0 Å². The Morgan fingerprint density at radius 3 is 2.41 bits per heavy atom. The van der Waals surface area contributed by atoms with Crippen LogP contribution in [0.5, 0.6) is 11.5 Å². The number of hydrogen-bond acceptors (Lipinski definition) is 5. The van der Waals surface area contributed by atoms with Crippen LogP contribution >= 0.6 is 0 Å². The Balaban J connectivity index is 2.48. The van der Waals surface area contributed by atoms with E-state index in [-0.39, 0.29) is 23.5 Å². The van der Waals surface area contributed by atoms with Gasteiger partial charge in [0.15, 0.2) is 0 Å². The highest BCUT2D eigenvalue weighted by molar-refractivity contribution is 6.04. The molecule has 0 aromatic heterocycles. The first-order valence-corrected chi connectivity index (χ1v) is 6.60. The summed E-state index contributed by atoms with van der Waals surface area (Å²) in [5.74, 6) is -1.67. The summed E-state index contributed by atoms with van der Waals surface area (Å²) in [6.45, 7) is 1.79. The Morgan fingerprint density at radius 2 is 1.77 bits per heavy atom. The topological polar surface area (TPSA) is 98.9 Å². The van der Waals surface area contributed by atoms with E-state index >= 15 is 0 Å². The van der Waals surface area contributed by atoms with Crippen molar-refractivity contribution in [1.82, 2.24) is 0 Å². The number of nitrogen functional groups attached to an aromatic ring is 1. The van der Waals surface area contributed by atoms with E-state index in [2.05, 4.69) is 0 Å². The zero-order valence-electron chi connectivity index (χ0n) is 11.9. The Labute approximate surface area is 127 Å². The lowest BCUT2D eigenvalue weighted by Crippen LogP contribution is -2.13. The van der Waals surface area contributed by atoms with Crippen LogP contribution in [0.2, 0.25) is 0 Å². The van der Waals surface area contributed by atoms with Crippen molar-refractivity contribution in [3.8, 4) is 11.5 Å². The van der Waals surface area contributed by atoms with Gasteiger partial charge in [-0.1, -0.05) is 18.2 Å². The molecule has 3 N–H and O–H groups in total. The number of para-hydroxylation sites is 2. The Morgan fingerprint density at radius 1 is 1.09 bits per heavy atom. The van der Waals surface area contributed by atoms with Gasteiger partial charge in [-0.3, -0.25) is 0 Å². The van der Waals surface area contributed by atoms with Gasteiger partial charge in [0.1, 0.15) is 17.1 Å². The highest BCUT2D eigenvalue weighted by atomic mass is 16.5. The summed E-state index contributed by atoms with van der Waals surface area (Å²) < 4.78 is 10.4. The molecule has 0 atom stereocenters. The fourth-order valence-corrected chi connectivity index (χ4v) is 1.91. The van der Waals surface area contributed by atoms with Crippen LogP contribution in [0.1, 0.15) is 27.6 Å². The van der Waals surface area contributed by atoms with E-state index in [4.69, 9.17) is 15.2 Å². The van der Waals surface area contributed by atoms with Crippen molar-refractivity contribution in [2.45, 2.75) is 6.92 Å². The molecule has 6 heteroatoms. The highest BCUT2D eigenvalue weighted by Gasteiger charge is 2.23. The quantitative estimate of drug-likeness (QED) is 0.650. The minimum atomic E-state index is -1.28. The molecule has 0 spiro atoms. The highest BCUT2D eigenvalue weighted by Crippen LogP contribution is 2.31. The Bertz CT molecular complexity index is 711. The average molecular weight is 301 g/mol. The van der Waals surface area contributed by atoms with Gasteiger partial charge < -0.3 is 20.3 Å². The van der Waals surface area contributed by atoms with Crippen LogP contribution < -0.4 is 10.5 Å². The van der Waals surface area contributed by atoms with E-state index < -0.39 is 11.9 Å². The second kappa shape index (κ2) is 6.62. The van der Waals surface area contributed by atoms with Gasteiger partial charge in [-0.15, -0.1) is 0 Å². The minimum absolute atomic E-state index is 0.0240. The maximum Gasteiger partial charge on any atom is 0.340 e. The largest absolute Gasteiger partial charge is 0.478 e. The van der Waals surface area contributed by atoms with Gasteiger partial charge in [-0.2, -0.15) is 0 Å². The van der Waals surface area contributed by atoms with Crippen molar-refractivity contribution in [1.29, 1.82) is 0 Å². The third kappa shape index (κ3) is 3.17. The summed E-state index contributed by atoms with van der Waals surface area (Å²) in [7, 11) is 0. The number of aromatic carboxylic acids is 1. The standard InChI is InChI=1S/C16H15NO5/c1-2-21-16(20)10-6-5-9-13(14(10)15(18)19)22-12-8-4-3-7-11(12)17/h3-9H,2,17H2,1H3,(H,18,19). The molecule has 2 aromatic carbocycles. The zero-order valence-corrected chi connectivity index (χ0v) is 11.9. The van der Waals surface area contributed by atoms with Gasteiger partial charge in [0.05, 0.1) is 17.9 Å². The summed E-state index contributed by atoms with van der Waals surface area (Å²) in [6, 6.07) is 11.0. The summed E-state index contributed by atoms with van der Waals surface area (Å²) in [5, 5.41) is 9.39. The molecule has 2 rings (SSSR count). The number of hydrogen-bond donors (Lipinski definition) is 2. The number of nitrogens with two attached hydrogens (primary N) is 1. The molecule has 22 heavy (non-hydrogen) atoms. The Hall–Kier alpha value is -3.02. The predicted octanol–water partition coefficient (Wildman–Crippen LogP) is 2.94. The third-order valence-electron chi connectivity index (χ3n) is 2.87. The molecule has 0 aliphatic rings. The van der Waals surface area contributed by atoms with E-state index in [1.54, 1.807) is 31.2 Å². The monoisotopic (exact) mass is 301 g/mol. The lowest BCUT2D eigenvalue weighted by molar-refractivity contribution is 0.0513. The van der Waals surface area contributed by atoms with Crippen LogP contribution in [0.15, 0.2) is 42.5 Å². The molecule has 0 bridgehead atoms. The van der Waals surface area contributed by atoms with Crippen molar-refractivity contribution >= 4 is 17.6 Å². The van der Waals surface area contributed by atoms with E-state index in [0.29, 0.717) is 11.4 Å². The van der Waals surface area contributed by atoms with Crippen LogP contribution in [-0.2, 0) is 4.74 Å². The molecule has 0 aliphatic carbocycles. The van der Waals surface area contributed by atoms with Crippen LogP contribution in [0.3, 0.4) is 0 Å². The third-order valence-corrected chi connectivity index (χ3v) is 2.87. The second-order valence-corrected chi connectivity index (χ2v) is 4.34. The molecule has 114 valence electrons. The zero-order chi connectivity index (χ0) is 16.1. The summed E-state index contributed by atoms with van der Waals surface area (Å²) >= 11 is 0. The second-order valence-electron chi connectivity index (χ2n) is 4.34. The first-order valence-electron chi connectivity index (χ1n) is 6.60. The molecule has 0 saturated heterocycles. The van der Waals surface area contributed by atoms with Gasteiger partial charge >= 0.3 is 11.9 Å². The molecular formula is C16H15NO5. The molecular weight excluding hydrogens is 286 g/mol.